The van der Waals surface area contributed by atoms with Gasteiger partial charge in [0.1, 0.15) is 5.75 Å². The highest BCUT2D eigenvalue weighted by Gasteiger charge is 2.33. The van der Waals surface area contributed by atoms with E-state index in [0.717, 1.165) is 6.07 Å². The number of halogens is 4. The second kappa shape index (κ2) is 4.40. The number of benzene rings is 1. The molecule has 84 valence electrons. The Morgan fingerprint density at radius 1 is 1.40 bits per heavy atom. The first kappa shape index (κ1) is 12.3. The van der Waals surface area contributed by atoms with E-state index in [1.807, 2.05) is 0 Å². The zero-order chi connectivity index (χ0) is 11.6. The maximum absolute atomic E-state index is 12.5. The fraction of sp³-hybridized carbons (Fsp3) is 0.333. The lowest BCUT2D eigenvalue weighted by molar-refractivity contribution is -0.138. The molecule has 0 amide bonds. The van der Waals surface area contributed by atoms with Crippen molar-refractivity contribution in [3.05, 3.63) is 27.7 Å². The van der Waals surface area contributed by atoms with Crippen LogP contribution < -0.4 is 10.5 Å². The molecule has 0 aliphatic carbocycles. The summed E-state index contributed by atoms with van der Waals surface area (Å²) >= 11 is 2.86. The third kappa shape index (κ3) is 2.63. The van der Waals surface area contributed by atoms with Crippen LogP contribution in [0.1, 0.15) is 11.1 Å². The van der Waals surface area contributed by atoms with Crippen molar-refractivity contribution in [1.82, 2.24) is 0 Å². The minimum Gasteiger partial charge on any atom is -0.496 e. The lowest BCUT2D eigenvalue weighted by Gasteiger charge is -2.13. The lowest BCUT2D eigenvalue weighted by Crippen LogP contribution is -2.08. The van der Waals surface area contributed by atoms with Gasteiger partial charge in [-0.25, -0.2) is 0 Å². The first-order chi connectivity index (χ1) is 6.90. The van der Waals surface area contributed by atoms with Crippen LogP contribution in [-0.2, 0) is 12.7 Å². The molecule has 1 aromatic carbocycles. The second-order valence-corrected chi connectivity index (χ2v) is 3.70. The minimum absolute atomic E-state index is 0.0312. The predicted molar refractivity (Wildman–Crippen MR) is 53.6 cm³/mol. The molecule has 2 nitrogen and oxygen atoms in total. The van der Waals surface area contributed by atoms with Crippen LogP contribution in [0.4, 0.5) is 13.2 Å². The quantitative estimate of drug-likeness (QED) is 0.906. The first-order valence-corrected chi connectivity index (χ1v) is 4.83. The molecule has 0 saturated carbocycles. The van der Waals surface area contributed by atoms with Crippen LogP contribution in [0.2, 0.25) is 0 Å². The van der Waals surface area contributed by atoms with Gasteiger partial charge >= 0.3 is 6.18 Å². The molecular weight excluding hydrogens is 275 g/mol. The number of rotatable bonds is 2. The summed E-state index contributed by atoms with van der Waals surface area (Å²) < 4.78 is 42.2. The maximum Gasteiger partial charge on any atom is 0.417 e. The summed E-state index contributed by atoms with van der Waals surface area (Å²) in [6, 6.07) is 2.26. The summed E-state index contributed by atoms with van der Waals surface area (Å²) in [5.74, 6) is 0.146. The van der Waals surface area contributed by atoms with Gasteiger partial charge < -0.3 is 10.5 Å². The fourth-order valence-corrected chi connectivity index (χ4v) is 1.78. The van der Waals surface area contributed by atoms with Gasteiger partial charge in [0.15, 0.2) is 0 Å². The van der Waals surface area contributed by atoms with Gasteiger partial charge in [0.2, 0.25) is 0 Å². The summed E-state index contributed by atoms with van der Waals surface area (Å²) in [6.45, 7) is 0.125. The molecule has 0 aliphatic heterocycles. The van der Waals surface area contributed by atoms with E-state index in [2.05, 4.69) is 15.9 Å². The third-order valence-electron chi connectivity index (χ3n) is 1.90. The van der Waals surface area contributed by atoms with Crippen molar-refractivity contribution in [2.45, 2.75) is 12.7 Å². The average Bonchev–Trinajstić information content (AvgIpc) is 2.15. The molecule has 0 bridgehead atoms. The topological polar surface area (TPSA) is 35.2 Å². The predicted octanol–water partition coefficient (Wildman–Crippen LogP) is 2.94. The summed E-state index contributed by atoms with van der Waals surface area (Å²) in [7, 11) is 1.31. The van der Waals surface area contributed by atoms with E-state index in [9.17, 15) is 13.2 Å². The Bertz CT molecular complexity index is 365. The van der Waals surface area contributed by atoms with Gasteiger partial charge in [0, 0.05) is 16.6 Å². The highest BCUT2D eigenvalue weighted by Crippen LogP contribution is 2.38. The normalized spacial score (nSPS) is 11.6. The highest BCUT2D eigenvalue weighted by atomic mass is 79.9. The molecule has 0 radical (unpaired) electrons. The SMILES string of the molecule is COc1cc(C(F)(F)F)c(Br)cc1CN. The van der Waals surface area contributed by atoms with Crippen molar-refractivity contribution in [2.75, 3.05) is 7.11 Å². The third-order valence-corrected chi connectivity index (χ3v) is 2.55. The smallest absolute Gasteiger partial charge is 0.417 e. The molecule has 0 unspecified atom stereocenters. The molecule has 0 heterocycles. The molecule has 0 spiro atoms. The molecule has 0 atom stereocenters. The Balaban J connectivity index is 3.32. The van der Waals surface area contributed by atoms with Crippen molar-refractivity contribution < 1.29 is 17.9 Å². The van der Waals surface area contributed by atoms with E-state index in [1.165, 1.54) is 13.2 Å². The number of alkyl halides is 3. The Morgan fingerprint density at radius 3 is 2.40 bits per heavy atom. The van der Waals surface area contributed by atoms with Crippen LogP contribution in [0.3, 0.4) is 0 Å². The van der Waals surface area contributed by atoms with Crippen LogP contribution >= 0.6 is 15.9 Å². The minimum atomic E-state index is -4.40. The van der Waals surface area contributed by atoms with E-state index < -0.39 is 11.7 Å². The Kier molecular flexibility index (Phi) is 3.62. The average molecular weight is 284 g/mol. The fourth-order valence-electron chi connectivity index (χ4n) is 1.16. The van der Waals surface area contributed by atoms with Gasteiger partial charge in [-0.15, -0.1) is 0 Å². The molecule has 0 aromatic heterocycles. The molecule has 2 N–H and O–H groups in total. The monoisotopic (exact) mass is 283 g/mol. The summed E-state index contributed by atoms with van der Waals surface area (Å²) in [6.07, 6.45) is -4.40. The molecule has 1 rings (SSSR count). The number of ether oxygens (including phenoxy) is 1. The summed E-state index contributed by atoms with van der Waals surface area (Å²) in [5.41, 5.74) is 5.13. The van der Waals surface area contributed by atoms with Crippen molar-refractivity contribution in [3.63, 3.8) is 0 Å². The Hall–Kier alpha value is -0.750. The molecule has 6 heteroatoms. The van der Waals surface area contributed by atoms with Gasteiger partial charge in [-0.1, -0.05) is 15.9 Å². The molecule has 15 heavy (non-hydrogen) atoms. The molecular formula is C9H9BrF3NO. The van der Waals surface area contributed by atoms with E-state index >= 15 is 0 Å². The van der Waals surface area contributed by atoms with Crippen LogP contribution in [-0.4, -0.2) is 7.11 Å². The van der Waals surface area contributed by atoms with Crippen molar-refractivity contribution in [2.24, 2.45) is 5.73 Å². The van der Waals surface area contributed by atoms with Gasteiger partial charge in [-0.05, 0) is 12.1 Å². The van der Waals surface area contributed by atoms with Crippen LogP contribution in [0.25, 0.3) is 0 Å². The van der Waals surface area contributed by atoms with Gasteiger partial charge in [0.25, 0.3) is 0 Å². The second-order valence-electron chi connectivity index (χ2n) is 2.85. The first-order valence-electron chi connectivity index (χ1n) is 4.03. The zero-order valence-electron chi connectivity index (χ0n) is 7.86. The van der Waals surface area contributed by atoms with E-state index in [1.54, 1.807) is 0 Å². The Morgan fingerprint density at radius 2 is 2.00 bits per heavy atom. The van der Waals surface area contributed by atoms with E-state index in [-0.39, 0.29) is 16.8 Å². The maximum atomic E-state index is 12.5. The van der Waals surface area contributed by atoms with Crippen LogP contribution in [0, 0.1) is 0 Å². The standard InChI is InChI=1S/C9H9BrF3NO/c1-15-8-3-6(9(11,12)13)7(10)2-5(8)4-14/h2-3H,4,14H2,1H3. The van der Waals surface area contributed by atoms with E-state index in [0.29, 0.717) is 5.56 Å². The largest absolute Gasteiger partial charge is 0.496 e. The Labute approximate surface area is 93.3 Å². The highest BCUT2D eigenvalue weighted by molar-refractivity contribution is 9.10. The number of nitrogens with two attached hydrogens (primary N) is 1. The van der Waals surface area contributed by atoms with E-state index in [4.69, 9.17) is 10.5 Å². The number of methoxy groups -OCH3 is 1. The lowest BCUT2D eigenvalue weighted by atomic mass is 10.1. The van der Waals surface area contributed by atoms with Crippen molar-refractivity contribution in [3.8, 4) is 5.75 Å². The van der Waals surface area contributed by atoms with Crippen molar-refractivity contribution in [1.29, 1.82) is 0 Å². The van der Waals surface area contributed by atoms with Gasteiger partial charge in [-0.2, -0.15) is 13.2 Å². The number of hydrogen-bond donors (Lipinski definition) is 1. The van der Waals surface area contributed by atoms with Crippen LogP contribution in [0.5, 0.6) is 5.75 Å². The molecule has 0 aliphatic rings. The molecule has 1 aromatic rings. The molecule has 0 saturated heterocycles. The van der Waals surface area contributed by atoms with Gasteiger partial charge in [0.05, 0.1) is 12.7 Å². The zero-order valence-corrected chi connectivity index (χ0v) is 9.45. The molecule has 0 fully saturated rings. The summed E-state index contributed by atoms with van der Waals surface area (Å²) in [4.78, 5) is 0. The van der Waals surface area contributed by atoms with Crippen molar-refractivity contribution >= 4 is 15.9 Å². The van der Waals surface area contributed by atoms with Crippen LogP contribution in [0.15, 0.2) is 16.6 Å². The number of hydrogen-bond acceptors (Lipinski definition) is 2. The van der Waals surface area contributed by atoms with Gasteiger partial charge in [-0.3, -0.25) is 0 Å². The summed E-state index contributed by atoms with van der Waals surface area (Å²) in [5, 5.41) is 0.